The van der Waals surface area contributed by atoms with Crippen LogP contribution >= 0.6 is 0 Å². The van der Waals surface area contributed by atoms with E-state index in [1.807, 2.05) is 43.0 Å². The van der Waals surface area contributed by atoms with Crippen LogP contribution in [-0.2, 0) is 27.2 Å². The van der Waals surface area contributed by atoms with Gasteiger partial charge in [0.2, 0.25) is 0 Å². The van der Waals surface area contributed by atoms with Gasteiger partial charge in [-0.2, -0.15) is 0 Å². The Kier molecular flexibility index (Phi) is 7.09. The van der Waals surface area contributed by atoms with Crippen LogP contribution in [0.3, 0.4) is 0 Å². The van der Waals surface area contributed by atoms with Gasteiger partial charge in [-0.25, -0.2) is 14.6 Å². The predicted molar refractivity (Wildman–Crippen MR) is 162 cm³/mol. The zero-order valence-electron chi connectivity index (χ0n) is 25.5. The van der Waals surface area contributed by atoms with Gasteiger partial charge in [-0.1, -0.05) is 6.07 Å². The van der Waals surface area contributed by atoms with E-state index in [4.69, 9.17) is 14.2 Å². The number of aromatic nitrogens is 2. The molecule has 4 aliphatic rings. The summed E-state index contributed by atoms with van der Waals surface area (Å²) in [5.74, 6) is 0. The second-order valence-electron chi connectivity index (χ2n) is 13.4. The van der Waals surface area contributed by atoms with Gasteiger partial charge < -0.3 is 29.0 Å². The molecule has 43 heavy (non-hydrogen) atoms. The number of morpholine rings is 2. The molecule has 10 nitrogen and oxygen atoms in total. The van der Waals surface area contributed by atoms with Crippen LogP contribution in [-0.4, -0.2) is 94.0 Å². The summed E-state index contributed by atoms with van der Waals surface area (Å²) < 4.78 is 17.8. The molecule has 2 unspecified atom stereocenters. The zero-order chi connectivity index (χ0) is 29.9. The summed E-state index contributed by atoms with van der Waals surface area (Å²) in [5.41, 5.74) is 6.74. The van der Waals surface area contributed by atoms with Crippen molar-refractivity contribution in [1.82, 2.24) is 24.7 Å². The predicted octanol–water partition coefficient (Wildman–Crippen LogP) is 5.19. The van der Waals surface area contributed by atoms with Gasteiger partial charge in [-0.15, -0.1) is 0 Å². The number of fused-ring (bicyclic) bond motifs is 4. The third-order valence-electron chi connectivity index (χ3n) is 9.15. The zero-order valence-corrected chi connectivity index (χ0v) is 25.5. The van der Waals surface area contributed by atoms with Crippen LogP contribution in [0.1, 0.15) is 61.9 Å². The normalized spacial score (nSPS) is 23.9. The van der Waals surface area contributed by atoms with Crippen LogP contribution in [0.15, 0.2) is 30.6 Å². The number of aromatic amines is 1. The Labute approximate surface area is 252 Å². The lowest BCUT2D eigenvalue weighted by Gasteiger charge is -2.41. The molecule has 3 atom stereocenters. The topological polar surface area (TPSA) is 100 Å². The first-order valence-electron chi connectivity index (χ1n) is 15.5. The smallest absolute Gasteiger partial charge is 0.410 e. The average molecular weight is 588 g/mol. The number of ether oxygens (including phenoxy) is 3. The Hall–Kier alpha value is -3.63. The molecule has 7 rings (SSSR count). The number of H-pyrrole nitrogens is 1. The fourth-order valence-electron chi connectivity index (χ4n) is 6.99. The Morgan fingerprint density at radius 1 is 1.05 bits per heavy atom. The highest BCUT2D eigenvalue weighted by atomic mass is 16.6. The van der Waals surface area contributed by atoms with Crippen molar-refractivity contribution < 1.29 is 23.8 Å². The van der Waals surface area contributed by atoms with Crippen molar-refractivity contribution in [3.05, 3.63) is 52.8 Å². The first kappa shape index (κ1) is 28.2. The lowest BCUT2D eigenvalue weighted by molar-refractivity contribution is -0.0337. The summed E-state index contributed by atoms with van der Waals surface area (Å²) in [6, 6.07) is 6.32. The molecule has 2 aromatic heterocycles. The van der Waals surface area contributed by atoms with Gasteiger partial charge in [0.25, 0.3) is 0 Å². The van der Waals surface area contributed by atoms with Gasteiger partial charge in [0.05, 0.1) is 31.5 Å². The van der Waals surface area contributed by atoms with Crippen molar-refractivity contribution in [3.8, 4) is 11.1 Å². The molecule has 1 aromatic carbocycles. The van der Waals surface area contributed by atoms with Gasteiger partial charge in [-0.3, -0.25) is 4.90 Å². The Bertz CT molecular complexity index is 1550. The quantitative estimate of drug-likeness (QED) is 0.443. The van der Waals surface area contributed by atoms with Crippen LogP contribution in [0.4, 0.5) is 9.59 Å². The first-order valence-corrected chi connectivity index (χ1v) is 15.5. The number of hydrogen-bond acceptors (Lipinski definition) is 6. The molecule has 3 aromatic rings. The number of urea groups is 1. The highest BCUT2D eigenvalue weighted by molar-refractivity contribution is 5.85. The lowest BCUT2D eigenvalue weighted by Crippen LogP contribution is -2.52. The number of pyridine rings is 1. The minimum absolute atomic E-state index is 0.0716. The molecule has 0 radical (unpaired) electrons. The van der Waals surface area contributed by atoms with E-state index in [9.17, 15) is 9.59 Å². The van der Waals surface area contributed by atoms with E-state index in [1.165, 1.54) is 5.56 Å². The third kappa shape index (κ3) is 5.47. The largest absolute Gasteiger partial charge is 0.444 e. The average Bonchev–Trinajstić information content (AvgIpc) is 3.54. The summed E-state index contributed by atoms with van der Waals surface area (Å²) in [7, 11) is 0. The SMILES string of the molecule is Cc1c[nH]c2ncc(-c3cc4c(c([C@@H]5COCCN5C(=O)OC(C)(C)C)c3)CN(C(=O)N3CC5CCC(C3)O5)CC4)cc12. The van der Waals surface area contributed by atoms with Crippen LogP contribution in [0.25, 0.3) is 22.2 Å². The molecule has 3 saturated heterocycles. The van der Waals surface area contributed by atoms with Crippen LogP contribution in [0, 0.1) is 6.92 Å². The summed E-state index contributed by atoms with van der Waals surface area (Å²) in [6.07, 6.45) is 6.60. The summed E-state index contributed by atoms with van der Waals surface area (Å²) >= 11 is 0. The number of benzene rings is 1. The summed E-state index contributed by atoms with van der Waals surface area (Å²) in [5, 5.41) is 1.09. The maximum Gasteiger partial charge on any atom is 0.410 e. The van der Waals surface area contributed by atoms with Crippen molar-refractivity contribution in [2.24, 2.45) is 0 Å². The maximum absolute atomic E-state index is 13.8. The van der Waals surface area contributed by atoms with E-state index in [0.29, 0.717) is 45.9 Å². The molecule has 6 heterocycles. The number of amides is 3. The second-order valence-corrected chi connectivity index (χ2v) is 13.4. The van der Waals surface area contributed by atoms with Crippen LogP contribution < -0.4 is 0 Å². The number of nitrogens with zero attached hydrogens (tertiary/aromatic N) is 4. The molecule has 2 bridgehead atoms. The van der Waals surface area contributed by atoms with E-state index >= 15 is 0 Å². The Morgan fingerprint density at radius 3 is 2.60 bits per heavy atom. The summed E-state index contributed by atoms with van der Waals surface area (Å²) in [6.45, 7) is 11.4. The van der Waals surface area contributed by atoms with Gasteiger partial charge in [-0.05, 0) is 86.9 Å². The molecule has 0 saturated carbocycles. The third-order valence-corrected chi connectivity index (χ3v) is 9.15. The van der Waals surface area contributed by atoms with Gasteiger partial charge >= 0.3 is 12.1 Å². The second kappa shape index (κ2) is 10.8. The molecule has 0 spiro atoms. The number of nitrogens with one attached hydrogen (secondary N) is 1. The van der Waals surface area contributed by atoms with E-state index in [2.05, 4.69) is 35.1 Å². The standard InChI is InChI=1S/C33H41N5O5/c1-20-14-34-30-26(20)13-23(15-35-30)22-11-21-7-8-36(31(39)37-16-24-5-6-25(17-37)42-24)18-28(21)27(12-22)29-19-41-10-9-38(29)32(40)43-33(2,3)4/h11-15,24-25,29H,5-10,16-19H2,1-4H3,(H,34,35)/t24?,25?,29-/m0/s1. The Balaban J connectivity index is 1.27. The molecular weight excluding hydrogens is 546 g/mol. The first-order chi connectivity index (χ1) is 20.6. The molecule has 10 heteroatoms. The van der Waals surface area contributed by atoms with Crippen molar-refractivity contribution >= 4 is 23.2 Å². The molecule has 1 N–H and O–H groups in total. The molecule has 4 aliphatic heterocycles. The van der Waals surface area contributed by atoms with Crippen molar-refractivity contribution in [3.63, 3.8) is 0 Å². The minimum atomic E-state index is -0.614. The van der Waals surface area contributed by atoms with Crippen LogP contribution in [0.5, 0.6) is 0 Å². The minimum Gasteiger partial charge on any atom is -0.444 e. The fourth-order valence-corrected chi connectivity index (χ4v) is 6.99. The monoisotopic (exact) mass is 587 g/mol. The number of carbonyl (C=O) groups excluding carboxylic acids is 2. The van der Waals surface area contributed by atoms with Gasteiger partial charge in [0, 0.05) is 56.1 Å². The van der Waals surface area contributed by atoms with E-state index in [1.54, 1.807) is 4.90 Å². The van der Waals surface area contributed by atoms with Crippen molar-refractivity contribution in [2.45, 2.75) is 77.4 Å². The highest BCUT2D eigenvalue weighted by Gasteiger charge is 2.39. The number of rotatable bonds is 2. The van der Waals surface area contributed by atoms with Crippen LogP contribution in [0.2, 0.25) is 0 Å². The van der Waals surface area contributed by atoms with Gasteiger partial charge in [0.15, 0.2) is 0 Å². The number of hydrogen-bond donors (Lipinski definition) is 1. The van der Waals surface area contributed by atoms with E-state index in [-0.39, 0.29) is 30.4 Å². The molecule has 228 valence electrons. The highest BCUT2D eigenvalue weighted by Crippen LogP contribution is 2.38. The molecule has 3 fully saturated rings. The van der Waals surface area contributed by atoms with E-state index in [0.717, 1.165) is 58.1 Å². The number of aryl methyl sites for hydroxylation is 1. The fraction of sp³-hybridized carbons (Fsp3) is 0.545. The van der Waals surface area contributed by atoms with E-state index < -0.39 is 5.60 Å². The molecular formula is C33H41N5O5. The molecule has 3 amide bonds. The lowest BCUT2D eigenvalue weighted by atomic mass is 9.87. The van der Waals surface area contributed by atoms with Crippen molar-refractivity contribution in [1.29, 1.82) is 0 Å². The Morgan fingerprint density at radius 2 is 1.84 bits per heavy atom. The number of carbonyl (C=O) groups is 2. The molecule has 0 aliphatic carbocycles. The van der Waals surface area contributed by atoms with Gasteiger partial charge in [0.1, 0.15) is 11.2 Å². The number of likely N-dealkylation sites (tertiary alicyclic amines) is 1. The summed E-state index contributed by atoms with van der Waals surface area (Å²) in [4.78, 5) is 40.9. The van der Waals surface area contributed by atoms with Crippen molar-refractivity contribution in [2.75, 3.05) is 39.4 Å². The maximum atomic E-state index is 13.8.